The van der Waals surface area contributed by atoms with E-state index in [0.29, 0.717) is 10.1 Å². The van der Waals surface area contributed by atoms with Crippen LogP contribution in [0.25, 0.3) is 11.0 Å². The maximum absolute atomic E-state index is 11.0. The summed E-state index contributed by atoms with van der Waals surface area (Å²) in [5.74, 6) is 0. The first kappa shape index (κ1) is 6.60. The molecule has 0 aliphatic rings. The minimum atomic E-state index is -0.162. The van der Waals surface area contributed by atoms with Crippen molar-refractivity contribution in [3.05, 3.63) is 27.1 Å². The summed E-state index contributed by atoms with van der Waals surface area (Å²) in [6, 6.07) is 1.72. The summed E-state index contributed by atoms with van der Waals surface area (Å²) >= 11 is 3.12. The number of nitrogens with one attached hydrogen (secondary N) is 2. The van der Waals surface area contributed by atoms with Gasteiger partial charge in [-0.15, -0.1) is 0 Å². The number of hydrogen-bond acceptors (Lipinski definition) is 2. The van der Waals surface area contributed by atoms with Crippen LogP contribution in [0.4, 0.5) is 0 Å². The molecule has 0 unspecified atom stereocenters. The van der Waals surface area contributed by atoms with Gasteiger partial charge in [-0.05, 0) is 22.0 Å². The molecule has 5 heteroatoms. The molecular formula is C6H4BrN3O. The third-order valence-electron chi connectivity index (χ3n) is 1.40. The third kappa shape index (κ3) is 0.970. The van der Waals surface area contributed by atoms with Crippen LogP contribution in [0.15, 0.2) is 21.5 Å². The lowest BCUT2D eigenvalue weighted by Gasteiger charge is -1.87. The smallest absolute Gasteiger partial charge is 0.263 e. The molecule has 0 radical (unpaired) electrons. The van der Waals surface area contributed by atoms with Crippen LogP contribution in [0.2, 0.25) is 0 Å². The van der Waals surface area contributed by atoms with E-state index in [9.17, 15) is 4.79 Å². The second-order valence-corrected chi connectivity index (χ2v) is 2.99. The van der Waals surface area contributed by atoms with Crippen molar-refractivity contribution < 1.29 is 0 Å². The van der Waals surface area contributed by atoms with Gasteiger partial charge in [0.25, 0.3) is 5.56 Å². The number of H-pyrrole nitrogens is 2. The van der Waals surface area contributed by atoms with Crippen LogP contribution < -0.4 is 5.56 Å². The lowest BCUT2D eigenvalue weighted by Crippen LogP contribution is -2.05. The van der Waals surface area contributed by atoms with E-state index in [-0.39, 0.29) is 5.56 Å². The Kier molecular flexibility index (Phi) is 1.32. The molecule has 0 saturated carbocycles. The summed E-state index contributed by atoms with van der Waals surface area (Å²) in [7, 11) is 0. The minimum Gasteiger partial charge on any atom is -0.304 e. The van der Waals surface area contributed by atoms with Crippen LogP contribution in [0, 0.1) is 0 Å². The topological polar surface area (TPSA) is 61.5 Å². The van der Waals surface area contributed by atoms with Crippen molar-refractivity contribution in [3.63, 3.8) is 0 Å². The maximum atomic E-state index is 11.0. The highest BCUT2D eigenvalue weighted by molar-refractivity contribution is 9.10. The standard InChI is InChI=1S/C6H4BrN3O/c7-4-1-3-2-8-10-5(3)9-6(4)11/h1-2H,(H2,8,9,10,11). The predicted molar refractivity (Wildman–Crippen MR) is 44.4 cm³/mol. The summed E-state index contributed by atoms with van der Waals surface area (Å²) in [6.07, 6.45) is 1.72. The molecule has 0 amide bonds. The number of aromatic nitrogens is 3. The molecule has 2 heterocycles. The Morgan fingerprint density at radius 3 is 3.18 bits per heavy atom. The SMILES string of the molecule is O=c1[nH]c2n[nH]cc2cc1Br. The Balaban J connectivity index is 2.97. The molecule has 0 fully saturated rings. The highest BCUT2D eigenvalue weighted by atomic mass is 79.9. The Labute approximate surface area is 69.8 Å². The molecule has 2 aromatic rings. The van der Waals surface area contributed by atoms with E-state index in [1.807, 2.05) is 0 Å². The molecule has 2 aromatic heterocycles. The number of rotatable bonds is 0. The molecule has 11 heavy (non-hydrogen) atoms. The zero-order chi connectivity index (χ0) is 7.84. The van der Waals surface area contributed by atoms with Crippen molar-refractivity contribution in [2.75, 3.05) is 0 Å². The van der Waals surface area contributed by atoms with E-state index in [1.165, 1.54) is 0 Å². The Hall–Kier alpha value is -1.10. The van der Waals surface area contributed by atoms with Gasteiger partial charge in [0, 0.05) is 11.6 Å². The molecule has 0 atom stereocenters. The van der Waals surface area contributed by atoms with Crippen molar-refractivity contribution in [2.45, 2.75) is 0 Å². The van der Waals surface area contributed by atoms with Gasteiger partial charge < -0.3 is 4.98 Å². The molecule has 0 saturated heterocycles. The Morgan fingerprint density at radius 1 is 1.55 bits per heavy atom. The highest BCUT2D eigenvalue weighted by Crippen LogP contribution is 2.09. The lowest BCUT2D eigenvalue weighted by molar-refractivity contribution is 1.09. The Bertz CT molecular complexity index is 444. The summed E-state index contributed by atoms with van der Waals surface area (Å²) in [4.78, 5) is 13.6. The third-order valence-corrected chi connectivity index (χ3v) is 1.99. The molecule has 0 spiro atoms. The average molecular weight is 214 g/mol. The van der Waals surface area contributed by atoms with Gasteiger partial charge in [-0.3, -0.25) is 9.89 Å². The van der Waals surface area contributed by atoms with E-state index in [4.69, 9.17) is 0 Å². The van der Waals surface area contributed by atoms with Crippen LogP contribution >= 0.6 is 15.9 Å². The van der Waals surface area contributed by atoms with Crippen molar-refractivity contribution in [1.82, 2.24) is 15.2 Å². The molecule has 4 nitrogen and oxygen atoms in total. The maximum Gasteiger partial charge on any atom is 0.263 e. The van der Waals surface area contributed by atoms with Crippen LogP contribution in [-0.2, 0) is 0 Å². The largest absolute Gasteiger partial charge is 0.304 e. The first-order chi connectivity index (χ1) is 5.27. The average Bonchev–Trinajstić information content (AvgIpc) is 2.36. The fourth-order valence-electron chi connectivity index (χ4n) is 0.879. The highest BCUT2D eigenvalue weighted by Gasteiger charge is 1.99. The molecule has 0 bridgehead atoms. The number of pyridine rings is 1. The van der Waals surface area contributed by atoms with E-state index in [0.717, 1.165) is 5.39 Å². The second-order valence-electron chi connectivity index (χ2n) is 2.14. The van der Waals surface area contributed by atoms with Gasteiger partial charge in [0.15, 0.2) is 5.65 Å². The number of halogens is 1. The van der Waals surface area contributed by atoms with Crippen LogP contribution in [0.1, 0.15) is 0 Å². The van der Waals surface area contributed by atoms with Crippen molar-refractivity contribution in [2.24, 2.45) is 0 Å². The normalized spacial score (nSPS) is 10.6. The fraction of sp³-hybridized carbons (Fsp3) is 0. The van der Waals surface area contributed by atoms with Gasteiger partial charge in [-0.1, -0.05) is 0 Å². The van der Waals surface area contributed by atoms with Gasteiger partial charge in [0.1, 0.15) is 0 Å². The zero-order valence-electron chi connectivity index (χ0n) is 5.39. The van der Waals surface area contributed by atoms with E-state index in [2.05, 4.69) is 31.1 Å². The fourth-order valence-corrected chi connectivity index (χ4v) is 1.22. The van der Waals surface area contributed by atoms with Gasteiger partial charge in [0.2, 0.25) is 0 Å². The molecule has 2 rings (SSSR count). The monoisotopic (exact) mass is 213 g/mol. The van der Waals surface area contributed by atoms with Crippen LogP contribution in [0.5, 0.6) is 0 Å². The second kappa shape index (κ2) is 2.20. The first-order valence-corrected chi connectivity index (χ1v) is 3.79. The van der Waals surface area contributed by atoms with E-state index < -0.39 is 0 Å². The molecule has 56 valence electrons. The summed E-state index contributed by atoms with van der Waals surface area (Å²) < 4.78 is 0.520. The molecular weight excluding hydrogens is 210 g/mol. The van der Waals surface area contributed by atoms with Gasteiger partial charge >= 0.3 is 0 Å². The van der Waals surface area contributed by atoms with Crippen LogP contribution in [-0.4, -0.2) is 15.2 Å². The number of nitrogens with zero attached hydrogens (tertiary/aromatic N) is 1. The molecule has 0 aliphatic carbocycles. The van der Waals surface area contributed by atoms with Crippen molar-refractivity contribution in [3.8, 4) is 0 Å². The Morgan fingerprint density at radius 2 is 2.36 bits per heavy atom. The number of aromatic amines is 2. The molecule has 0 aromatic carbocycles. The molecule has 2 N–H and O–H groups in total. The quantitative estimate of drug-likeness (QED) is 0.687. The lowest BCUT2D eigenvalue weighted by atomic mass is 10.4. The van der Waals surface area contributed by atoms with E-state index in [1.54, 1.807) is 12.3 Å². The predicted octanol–water partition coefficient (Wildman–Crippen LogP) is 1.01. The summed E-state index contributed by atoms with van der Waals surface area (Å²) in [5.41, 5.74) is 0.419. The first-order valence-electron chi connectivity index (χ1n) is 3.00. The minimum absolute atomic E-state index is 0.162. The van der Waals surface area contributed by atoms with Gasteiger partial charge in [-0.2, -0.15) is 5.10 Å². The van der Waals surface area contributed by atoms with Crippen molar-refractivity contribution >= 4 is 27.0 Å². The summed E-state index contributed by atoms with van der Waals surface area (Å²) in [6.45, 7) is 0. The van der Waals surface area contributed by atoms with Gasteiger partial charge in [-0.25, -0.2) is 0 Å². The number of fused-ring (bicyclic) bond motifs is 1. The molecule has 0 aliphatic heterocycles. The summed E-state index contributed by atoms with van der Waals surface area (Å²) in [5, 5.41) is 7.36. The van der Waals surface area contributed by atoms with Crippen LogP contribution in [0.3, 0.4) is 0 Å². The van der Waals surface area contributed by atoms with Crippen molar-refractivity contribution in [1.29, 1.82) is 0 Å². The van der Waals surface area contributed by atoms with E-state index >= 15 is 0 Å². The zero-order valence-corrected chi connectivity index (χ0v) is 6.97. The van der Waals surface area contributed by atoms with Gasteiger partial charge in [0.05, 0.1) is 4.47 Å². The number of hydrogen-bond donors (Lipinski definition) is 2.